The number of aliphatic hydroxyl groups is 2. The van der Waals surface area contributed by atoms with E-state index in [1.165, 1.54) is 0 Å². The minimum Gasteiger partial charge on any atom is -0.493 e. The van der Waals surface area contributed by atoms with Gasteiger partial charge in [-0.3, -0.25) is 0 Å². The van der Waals surface area contributed by atoms with Gasteiger partial charge in [0.15, 0.2) is 0 Å². The van der Waals surface area contributed by atoms with E-state index in [2.05, 4.69) is 0 Å². The van der Waals surface area contributed by atoms with Gasteiger partial charge in [0.25, 0.3) is 0 Å². The van der Waals surface area contributed by atoms with Crippen molar-refractivity contribution in [3.8, 4) is 5.75 Å². The first-order valence-electron chi connectivity index (χ1n) is 4.69. The first-order valence-corrected chi connectivity index (χ1v) is 4.69. The Labute approximate surface area is 84.0 Å². The molecule has 0 aliphatic heterocycles. The fourth-order valence-corrected chi connectivity index (χ4v) is 0.982. The molecule has 0 aliphatic carbocycles. The quantitative estimate of drug-likeness (QED) is 0.743. The van der Waals surface area contributed by atoms with Gasteiger partial charge in [-0.15, -0.1) is 0 Å². The van der Waals surface area contributed by atoms with Crippen LogP contribution in [0.3, 0.4) is 0 Å². The molecule has 2 N–H and O–H groups in total. The van der Waals surface area contributed by atoms with Crippen molar-refractivity contribution >= 4 is 0 Å². The molecule has 0 spiro atoms. The Morgan fingerprint density at radius 3 is 2.36 bits per heavy atom. The molecular weight excluding hydrogens is 180 g/mol. The Morgan fingerprint density at radius 2 is 1.86 bits per heavy atom. The molecule has 0 radical (unpaired) electrons. The summed E-state index contributed by atoms with van der Waals surface area (Å²) in [7, 11) is 0. The number of hydrogen-bond donors (Lipinski definition) is 2. The van der Waals surface area contributed by atoms with Crippen molar-refractivity contribution < 1.29 is 14.9 Å². The SMILES string of the molecule is CC(CO)COc1ccc(CO)cc1. The van der Waals surface area contributed by atoms with Gasteiger partial charge >= 0.3 is 0 Å². The Kier molecular flexibility index (Phi) is 4.43. The summed E-state index contributed by atoms with van der Waals surface area (Å²) in [6.07, 6.45) is 0. The summed E-state index contributed by atoms with van der Waals surface area (Å²) in [6, 6.07) is 7.27. The molecule has 1 aromatic carbocycles. The number of ether oxygens (including phenoxy) is 1. The molecule has 0 saturated heterocycles. The smallest absolute Gasteiger partial charge is 0.119 e. The van der Waals surface area contributed by atoms with Crippen molar-refractivity contribution in [2.24, 2.45) is 5.92 Å². The van der Waals surface area contributed by atoms with Gasteiger partial charge < -0.3 is 14.9 Å². The summed E-state index contributed by atoms with van der Waals surface area (Å²) in [5.74, 6) is 0.912. The minimum atomic E-state index is 0.0489. The van der Waals surface area contributed by atoms with E-state index in [0.717, 1.165) is 11.3 Å². The van der Waals surface area contributed by atoms with Gasteiger partial charge in [-0.1, -0.05) is 19.1 Å². The summed E-state index contributed by atoms with van der Waals surface area (Å²) in [6.45, 7) is 2.61. The molecule has 1 rings (SSSR count). The van der Waals surface area contributed by atoms with E-state index >= 15 is 0 Å². The second-order valence-electron chi connectivity index (χ2n) is 3.40. The Bertz CT molecular complexity index is 256. The Balaban J connectivity index is 2.43. The molecule has 0 aromatic heterocycles. The number of aliphatic hydroxyl groups excluding tert-OH is 2. The Hall–Kier alpha value is -1.06. The molecule has 1 aromatic rings. The first-order chi connectivity index (χ1) is 6.76. The second-order valence-corrected chi connectivity index (χ2v) is 3.40. The van der Waals surface area contributed by atoms with Gasteiger partial charge in [0, 0.05) is 12.5 Å². The highest BCUT2D eigenvalue weighted by Gasteiger charge is 2.00. The minimum absolute atomic E-state index is 0.0489. The molecule has 0 saturated carbocycles. The van der Waals surface area contributed by atoms with Crippen molar-refractivity contribution in [3.63, 3.8) is 0 Å². The molecule has 0 fully saturated rings. The van der Waals surface area contributed by atoms with Crippen LogP contribution in [0.5, 0.6) is 5.75 Å². The fourth-order valence-electron chi connectivity index (χ4n) is 0.982. The molecule has 3 heteroatoms. The van der Waals surface area contributed by atoms with Crippen LogP contribution in [0.15, 0.2) is 24.3 Å². The zero-order chi connectivity index (χ0) is 10.4. The van der Waals surface area contributed by atoms with Gasteiger partial charge in [0.1, 0.15) is 5.75 Å². The molecule has 0 bridgehead atoms. The van der Waals surface area contributed by atoms with Crippen LogP contribution in [-0.4, -0.2) is 23.4 Å². The third kappa shape index (κ3) is 3.36. The van der Waals surface area contributed by atoms with Crippen molar-refractivity contribution in [1.29, 1.82) is 0 Å². The maximum absolute atomic E-state index is 8.81. The van der Waals surface area contributed by atoms with Gasteiger partial charge in [-0.05, 0) is 17.7 Å². The van der Waals surface area contributed by atoms with Gasteiger partial charge in [0.05, 0.1) is 13.2 Å². The van der Waals surface area contributed by atoms with Crippen LogP contribution in [0.1, 0.15) is 12.5 Å². The van der Waals surface area contributed by atoms with E-state index in [4.69, 9.17) is 14.9 Å². The summed E-state index contributed by atoms with van der Waals surface area (Å²) >= 11 is 0. The van der Waals surface area contributed by atoms with Crippen LogP contribution < -0.4 is 4.74 Å². The normalized spacial score (nSPS) is 12.5. The van der Waals surface area contributed by atoms with Crippen LogP contribution in [0.25, 0.3) is 0 Å². The van der Waals surface area contributed by atoms with Gasteiger partial charge in [-0.25, -0.2) is 0 Å². The molecule has 3 nitrogen and oxygen atoms in total. The molecule has 0 amide bonds. The molecule has 0 aliphatic rings. The topological polar surface area (TPSA) is 49.7 Å². The summed E-state index contributed by atoms with van der Waals surface area (Å²) in [5, 5.41) is 17.6. The largest absolute Gasteiger partial charge is 0.493 e. The second kappa shape index (κ2) is 5.62. The molecule has 14 heavy (non-hydrogen) atoms. The average Bonchev–Trinajstić information content (AvgIpc) is 2.26. The summed E-state index contributed by atoms with van der Waals surface area (Å²) in [4.78, 5) is 0. The predicted octanol–water partition coefficient (Wildman–Crippen LogP) is 1.19. The molecule has 1 atom stereocenters. The molecule has 1 unspecified atom stereocenters. The Morgan fingerprint density at radius 1 is 1.21 bits per heavy atom. The zero-order valence-electron chi connectivity index (χ0n) is 8.31. The highest BCUT2D eigenvalue weighted by atomic mass is 16.5. The van der Waals surface area contributed by atoms with E-state index in [1.54, 1.807) is 0 Å². The maximum atomic E-state index is 8.81. The lowest BCUT2D eigenvalue weighted by atomic mass is 10.2. The van der Waals surface area contributed by atoms with E-state index < -0.39 is 0 Å². The number of benzene rings is 1. The third-order valence-corrected chi connectivity index (χ3v) is 1.95. The first kappa shape index (κ1) is 11.0. The average molecular weight is 196 g/mol. The van der Waals surface area contributed by atoms with Crippen LogP contribution in [0.4, 0.5) is 0 Å². The van der Waals surface area contributed by atoms with E-state index in [1.807, 2.05) is 31.2 Å². The van der Waals surface area contributed by atoms with Crippen molar-refractivity contribution in [2.45, 2.75) is 13.5 Å². The van der Waals surface area contributed by atoms with Crippen LogP contribution in [0.2, 0.25) is 0 Å². The number of rotatable bonds is 5. The lowest BCUT2D eigenvalue weighted by Gasteiger charge is -2.10. The van der Waals surface area contributed by atoms with E-state index in [9.17, 15) is 0 Å². The molecule has 0 heterocycles. The number of hydrogen-bond acceptors (Lipinski definition) is 3. The fraction of sp³-hybridized carbons (Fsp3) is 0.455. The monoisotopic (exact) mass is 196 g/mol. The van der Waals surface area contributed by atoms with E-state index in [-0.39, 0.29) is 19.1 Å². The van der Waals surface area contributed by atoms with Crippen LogP contribution >= 0.6 is 0 Å². The van der Waals surface area contributed by atoms with Crippen LogP contribution in [-0.2, 0) is 6.61 Å². The standard InChI is InChI=1S/C11H16O3/c1-9(6-12)8-14-11-4-2-10(7-13)3-5-11/h2-5,9,12-13H,6-8H2,1H3. The van der Waals surface area contributed by atoms with Gasteiger partial charge in [0.2, 0.25) is 0 Å². The van der Waals surface area contributed by atoms with Crippen molar-refractivity contribution in [2.75, 3.05) is 13.2 Å². The molecule has 78 valence electrons. The molecular formula is C11H16O3. The van der Waals surface area contributed by atoms with Crippen molar-refractivity contribution in [3.05, 3.63) is 29.8 Å². The van der Waals surface area contributed by atoms with Gasteiger partial charge in [-0.2, -0.15) is 0 Å². The highest BCUT2D eigenvalue weighted by Crippen LogP contribution is 2.12. The predicted molar refractivity (Wildman–Crippen MR) is 54.1 cm³/mol. The zero-order valence-corrected chi connectivity index (χ0v) is 8.31. The lowest BCUT2D eigenvalue weighted by Crippen LogP contribution is -2.12. The maximum Gasteiger partial charge on any atom is 0.119 e. The van der Waals surface area contributed by atoms with E-state index in [0.29, 0.717) is 6.61 Å². The third-order valence-electron chi connectivity index (χ3n) is 1.95. The summed E-state index contributed by atoms with van der Waals surface area (Å²) < 4.78 is 5.42. The summed E-state index contributed by atoms with van der Waals surface area (Å²) in [5.41, 5.74) is 0.868. The lowest BCUT2D eigenvalue weighted by molar-refractivity contribution is 0.174. The highest BCUT2D eigenvalue weighted by molar-refractivity contribution is 5.26. The van der Waals surface area contributed by atoms with Crippen molar-refractivity contribution in [1.82, 2.24) is 0 Å². The van der Waals surface area contributed by atoms with Crippen LogP contribution in [0, 0.1) is 5.92 Å².